The van der Waals surface area contributed by atoms with E-state index in [-0.39, 0.29) is 12.0 Å². The number of hydrogen-bond acceptors (Lipinski definition) is 6. The van der Waals surface area contributed by atoms with E-state index in [1.54, 1.807) is 0 Å². The molecular formula is C26H32N4O3. The van der Waals surface area contributed by atoms with Crippen LogP contribution in [0, 0.1) is 0 Å². The molecule has 2 aromatic heterocycles. The number of nitrogens with one attached hydrogen (secondary N) is 1. The molecule has 0 fully saturated rings. The number of aromatic nitrogens is 3. The fourth-order valence-electron chi connectivity index (χ4n) is 4.59. The molecule has 3 aromatic rings. The maximum atomic E-state index is 13.7. The average molecular weight is 449 g/mol. The van der Waals surface area contributed by atoms with Gasteiger partial charge in [-0.1, -0.05) is 18.2 Å². The normalized spacial score (nSPS) is 17.0. The van der Waals surface area contributed by atoms with Crippen molar-refractivity contribution in [2.45, 2.75) is 70.6 Å². The lowest BCUT2D eigenvalue weighted by molar-refractivity contribution is -0.163. The van der Waals surface area contributed by atoms with Crippen molar-refractivity contribution in [1.82, 2.24) is 19.9 Å². The van der Waals surface area contributed by atoms with Crippen LogP contribution in [0.5, 0.6) is 0 Å². The van der Waals surface area contributed by atoms with E-state index in [4.69, 9.17) is 14.7 Å². The highest BCUT2D eigenvalue weighted by Crippen LogP contribution is 2.39. The molecule has 0 radical (unpaired) electrons. The Morgan fingerprint density at radius 2 is 2.09 bits per heavy atom. The molecule has 0 aliphatic heterocycles. The quantitative estimate of drug-likeness (QED) is 0.305. The van der Waals surface area contributed by atoms with Gasteiger partial charge in [0.2, 0.25) is 0 Å². The van der Waals surface area contributed by atoms with Crippen LogP contribution < -0.4 is 0 Å². The number of pyridine rings is 1. The number of fused-ring (bicyclic) bond motifs is 2. The SMILES string of the molecule is CC(C)(C)OC(=O)C(c1nc2ccccc2[nH]1)N(CCCC=O)C1CCCc2cccnc21. The molecule has 2 heterocycles. The third-order valence-corrected chi connectivity index (χ3v) is 5.93. The van der Waals surface area contributed by atoms with E-state index in [0.29, 0.717) is 25.2 Å². The number of rotatable bonds is 8. The molecule has 2 unspecified atom stereocenters. The lowest BCUT2D eigenvalue weighted by atomic mass is 9.89. The molecule has 174 valence electrons. The molecule has 1 N–H and O–H groups in total. The lowest BCUT2D eigenvalue weighted by Gasteiger charge is -2.39. The van der Waals surface area contributed by atoms with Crippen molar-refractivity contribution >= 4 is 23.3 Å². The number of imidazole rings is 1. The van der Waals surface area contributed by atoms with Gasteiger partial charge in [0, 0.05) is 19.2 Å². The first kappa shape index (κ1) is 23.1. The second kappa shape index (κ2) is 9.83. The smallest absolute Gasteiger partial charge is 0.331 e. The van der Waals surface area contributed by atoms with Gasteiger partial charge in [0.05, 0.1) is 22.8 Å². The number of aldehydes is 1. The van der Waals surface area contributed by atoms with Crippen molar-refractivity contribution in [2.75, 3.05) is 6.54 Å². The maximum absolute atomic E-state index is 13.7. The summed E-state index contributed by atoms with van der Waals surface area (Å²) in [5.41, 5.74) is 3.24. The highest BCUT2D eigenvalue weighted by atomic mass is 16.6. The number of nitrogens with zero attached hydrogens (tertiary/aromatic N) is 3. The van der Waals surface area contributed by atoms with Gasteiger partial charge in [0.25, 0.3) is 0 Å². The van der Waals surface area contributed by atoms with Crippen LogP contribution in [-0.2, 0) is 20.7 Å². The van der Waals surface area contributed by atoms with Crippen LogP contribution in [0.2, 0.25) is 0 Å². The van der Waals surface area contributed by atoms with Gasteiger partial charge in [-0.3, -0.25) is 9.88 Å². The first-order valence-corrected chi connectivity index (χ1v) is 11.7. The zero-order valence-electron chi connectivity index (χ0n) is 19.6. The fraction of sp³-hybridized carbons (Fsp3) is 0.462. The lowest BCUT2D eigenvalue weighted by Crippen LogP contribution is -2.42. The van der Waals surface area contributed by atoms with Crippen molar-refractivity contribution in [3.63, 3.8) is 0 Å². The van der Waals surface area contributed by atoms with Crippen molar-refractivity contribution in [3.05, 3.63) is 59.7 Å². The molecule has 7 nitrogen and oxygen atoms in total. The van der Waals surface area contributed by atoms with Gasteiger partial charge >= 0.3 is 5.97 Å². The van der Waals surface area contributed by atoms with Crippen LogP contribution in [0.3, 0.4) is 0 Å². The number of hydrogen-bond donors (Lipinski definition) is 1. The molecule has 0 spiro atoms. The van der Waals surface area contributed by atoms with Crippen LogP contribution in [0.1, 0.15) is 75.6 Å². The molecule has 0 bridgehead atoms. The van der Waals surface area contributed by atoms with Crippen molar-refractivity contribution < 1.29 is 14.3 Å². The standard InChI is InChI=1S/C26H32N4O3/c1-26(2,3)33-25(32)23(24-28-19-12-4-5-13-20(19)29-24)30(16-6-7-17-31)21-14-8-10-18-11-9-15-27-22(18)21/h4-5,9,11-13,15,17,21,23H,6-8,10,14,16H2,1-3H3,(H,28,29). The van der Waals surface area contributed by atoms with E-state index in [0.717, 1.165) is 42.3 Å². The summed E-state index contributed by atoms with van der Waals surface area (Å²) in [7, 11) is 0. The van der Waals surface area contributed by atoms with E-state index in [9.17, 15) is 9.59 Å². The number of aryl methyl sites for hydroxylation is 1. The summed E-state index contributed by atoms with van der Waals surface area (Å²) in [5.74, 6) is 0.204. The third-order valence-electron chi connectivity index (χ3n) is 5.93. The highest BCUT2D eigenvalue weighted by Gasteiger charge is 2.40. The number of carbonyl (C=O) groups is 2. The Bertz CT molecular complexity index is 1080. The summed E-state index contributed by atoms with van der Waals surface area (Å²) >= 11 is 0. The van der Waals surface area contributed by atoms with Gasteiger partial charge in [-0.2, -0.15) is 0 Å². The second-order valence-corrected chi connectivity index (χ2v) is 9.58. The number of esters is 1. The Labute approximate surface area is 194 Å². The molecule has 1 aromatic carbocycles. The van der Waals surface area contributed by atoms with Crippen molar-refractivity contribution in [2.24, 2.45) is 0 Å². The largest absolute Gasteiger partial charge is 0.458 e. The number of H-pyrrole nitrogens is 1. The van der Waals surface area contributed by atoms with Gasteiger partial charge in [-0.15, -0.1) is 0 Å². The molecule has 0 saturated carbocycles. The van der Waals surface area contributed by atoms with Gasteiger partial charge in [0.15, 0.2) is 6.04 Å². The zero-order valence-corrected chi connectivity index (χ0v) is 19.6. The molecule has 1 aliphatic rings. The minimum atomic E-state index is -0.735. The molecule has 0 amide bonds. The molecular weight excluding hydrogens is 416 g/mol. The summed E-state index contributed by atoms with van der Waals surface area (Å²) in [6.07, 6.45) is 6.67. The number of aromatic amines is 1. The topological polar surface area (TPSA) is 88.2 Å². The van der Waals surface area contributed by atoms with Crippen LogP contribution in [0.25, 0.3) is 11.0 Å². The summed E-state index contributed by atoms with van der Waals surface area (Å²) in [5, 5.41) is 0. The predicted octanol–water partition coefficient (Wildman–Crippen LogP) is 4.70. The maximum Gasteiger partial charge on any atom is 0.331 e. The number of unbranched alkanes of at least 4 members (excludes halogenated alkanes) is 1. The predicted molar refractivity (Wildman–Crippen MR) is 127 cm³/mol. The third kappa shape index (κ3) is 5.30. The summed E-state index contributed by atoms with van der Waals surface area (Å²) in [6.45, 7) is 6.17. The molecule has 0 saturated heterocycles. The Kier molecular flexibility index (Phi) is 6.88. The van der Waals surface area contributed by atoms with Crippen LogP contribution in [-0.4, -0.2) is 44.3 Å². The number of para-hydroxylation sites is 2. The zero-order chi connectivity index (χ0) is 23.4. The molecule has 7 heteroatoms. The van der Waals surface area contributed by atoms with E-state index in [1.807, 2.05) is 57.3 Å². The molecule has 1 aliphatic carbocycles. The van der Waals surface area contributed by atoms with E-state index >= 15 is 0 Å². The van der Waals surface area contributed by atoms with Crippen molar-refractivity contribution in [3.8, 4) is 0 Å². The monoisotopic (exact) mass is 448 g/mol. The Balaban J connectivity index is 1.80. The van der Waals surface area contributed by atoms with Gasteiger partial charge in [-0.05, 0) is 70.2 Å². The number of benzene rings is 1. The highest BCUT2D eigenvalue weighted by molar-refractivity contribution is 5.80. The van der Waals surface area contributed by atoms with Crippen LogP contribution >= 0.6 is 0 Å². The molecule has 2 atom stereocenters. The second-order valence-electron chi connectivity index (χ2n) is 9.58. The Morgan fingerprint density at radius 1 is 1.27 bits per heavy atom. The number of carbonyl (C=O) groups excluding carboxylic acids is 2. The van der Waals surface area contributed by atoms with Crippen LogP contribution in [0.15, 0.2) is 42.6 Å². The van der Waals surface area contributed by atoms with Crippen LogP contribution in [0.4, 0.5) is 0 Å². The fourth-order valence-corrected chi connectivity index (χ4v) is 4.59. The average Bonchev–Trinajstić information content (AvgIpc) is 3.20. The van der Waals surface area contributed by atoms with Gasteiger partial charge < -0.3 is 14.5 Å². The minimum Gasteiger partial charge on any atom is -0.458 e. The summed E-state index contributed by atoms with van der Waals surface area (Å²) in [6, 6.07) is 11.0. The first-order chi connectivity index (χ1) is 15.9. The van der Waals surface area contributed by atoms with Gasteiger partial charge in [-0.25, -0.2) is 9.78 Å². The van der Waals surface area contributed by atoms with Crippen molar-refractivity contribution in [1.29, 1.82) is 0 Å². The Hall–Kier alpha value is -3.06. The summed E-state index contributed by atoms with van der Waals surface area (Å²) in [4.78, 5) is 39.7. The van der Waals surface area contributed by atoms with Gasteiger partial charge in [0.1, 0.15) is 17.7 Å². The molecule has 4 rings (SSSR count). The first-order valence-electron chi connectivity index (χ1n) is 11.7. The summed E-state index contributed by atoms with van der Waals surface area (Å²) < 4.78 is 5.89. The van der Waals surface area contributed by atoms with E-state index in [2.05, 4.69) is 16.0 Å². The molecule has 33 heavy (non-hydrogen) atoms. The van der Waals surface area contributed by atoms with E-state index in [1.165, 1.54) is 5.56 Å². The minimum absolute atomic E-state index is 0.0627. The Morgan fingerprint density at radius 3 is 2.85 bits per heavy atom. The number of ether oxygens (including phenoxy) is 1. The van der Waals surface area contributed by atoms with E-state index < -0.39 is 11.6 Å².